The fourth-order valence-corrected chi connectivity index (χ4v) is 0.889. The van der Waals surface area contributed by atoms with Gasteiger partial charge in [-0.05, 0) is 0 Å². The van der Waals surface area contributed by atoms with Crippen molar-refractivity contribution >= 4 is 15.6 Å². The molecule has 0 heterocycles. The molecule has 0 aliphatic heterocycles. The van der Waals surface area contributed by atoms with E-state index < -0.39 is 17.1 Å². The molecule has 0 aliphatic rings. The molecule has 0 N–H and O–H groups in total. The molecule has 0 amide bonds. The molecule has 0 unspecified atom stereocenters. The summed E-state index contributed by atoms with van der Waals surface area (Å²) in [5.74, 6) is -0.287. The van der Waals surface area contributed by atoms with Gasteiger partial charge in [0.1, 0.15) is 0 Å². The average molecular weight is 287 g/mol. The summed E-state index contributed by atoms with van der Waals surface area (Å²) < 4.78 is 4.29. The summed E-state index contributed by atoms with van der Waals surface area (Å²) >= 11 is -0.914. The zero-order valence-corrected chi connectivity index (χ0v) is 6.18. The van der Waals surface area contributed by atoms with Crippen LogP contribution in [0, 0.1) is 0 Å². The van der Waals surface area contributed by atoms with Crippen LogP contribution in [0.1, 0.15) is 6.92 Å². The van der Waals surface area contributed by atoms with Gasteiger partial charge in [-0.25, -0.2) is 0 Å². The molecule has 39 valence electrons. The zero-order chi connectivity index (χ0) is 4.99. The topological polar surface area (TPSA) is 26.3 Å². The number of carbonyl (C=O) groups excluding carboxylic acids is 1. The van der Waals surface area contributed by atoms with Crippen LogP contribution >= 0.6 is 9.58 Å². The fraction of sp³-hybridized carbons (Fsp3) is 0.500. The third kappa shape index (κ3) is 4.41. The minimum atomic E-state index is -0.914. The molecule has 2 nitrogen and oxygen atoms in total. The molecule has 0 fully saturated rings. The molecule has 0 aliphatic carbocycles. The van der Waals surface area contributed by atoms with Gasteiger partial charge in [-0.2, -0.15) is 0 Å². The molecule has 0 atom stereocenters. The standard InChI is InChI=1S/C2H4O2.ClH.Ir/c1-2(3)4;;/h1H3,(H,3,4);1H;/q;;+2/p-2. The summed E-state index contributed by atoms with van der Waals surface area (Å²) in [5, 5.41) is 0. The van der Waals surface area contributed by atoms with Crippen molar-refractivity contribution in [3.8, 4) is 0 Å². The molecule has 0 radical (unpaired) electrons. The molecule has 0 bridgehead atoms. The van der Waals surface area contributed by atoms with Crippen LogP contribution in [0.5, 0.6) is 0 Å². The van der Waals surface area contributed by atoms with Gasteiger partial charge in [0, 0.05) is 0 Å². The van der Waals surface area contributed by atoms with Crippen molar-refractivity contribution in [2.24, 2.45) is 0 Å². The van der Waals surface area contributed by atoms with E-state index in [0.29, 0.717) is 0 Å². The Labute approximate surface area is 48.2 Å². The van der Waals surface area contributed by atoms with E-state index in [0.717, 1.165) is 0 Å². The van der Waals surface area contributed by atoms with Crippen LogP contribution in [-0.4, -0.2) is 5.97 Å². The van der Waals surface area contributed by atoms with Crippen molar-refractivity contribution < 1.29 is 25.3 Å². The summed E-state index contributed by atoms with van der Waals surface area (Å²) in [7, 11) is 5.08. The molecule has 0 spiro atoms. The fourth-order valence-electron chi connectivity index (χ4n) is 0.0362. The Bertz CT molecular complexity index is 55.5. The summed E-state index contributed by atoms with van der Waals surface area (Å²) in [6, 6.07) is 0. The van der Waals surface area contributed by atoms with E-state index in [1.54, 1.807) is 0 Å². The first-order valence-corrected chi connectivity index (χ1v) is 5.12. The quantitative estimate of drug-likeness (QED) is 0.709. The van der Waals surface area contributed by atoms with Crippen LogP contribution in [0.15, 0.2) is 0 Å². The van der Waals surface area contributed by atoms with Gasteiger partial charge in [-0.15, -0.1) is 0 Å². The van der Waals surface area contributed by atoms with Gasteiger partial charge in [0.15, 0.2) is 0 Å². The Balaban J connectivity index is 2.83. The van der Waals surface area contributed by atoms with Crippen molar-refractivity contribution in [2.75, 3.05) is 0 Å². The van der Waals surface area contributed by atoms with E-state index in [-0.39, 0.29) is 5.97 Å². The first-order chi connectivity index (χ1) is 2.77. The number of carbonyl (C=O) groups is 1. The maximum atomic E-state index is 9.77. The monoisotopic (exact) mass is 287 g/mol. The van der Waals surface area contributed by atoms with Crippen LogP contribution in [0.4, 0.5) is 0 Å². The van der Waals surface area contributed by atoms with Gasteiger partial charge in [-0.1, -0.05) is 0 Å². The van der Waals surface area contributed by atoms with Crippen molar-refractivity contribution in [1.29, 1.82) is 0 Å². The van der Waals surface area contributed by atoms with E-state index in [1.165, 1.54) is 6.92 Å². The molecule has 0 aromatic heterocycles. The first kappa shape index (κ1) is 6.41. The third-order valence-corrected chi connectivity index (χ3v) is 1.42. The Kier molecular flexibility index (Phi) is 3.84. The van der Waals surface area contributed by atoms with Crippen LogP contribution in [0.3, 0.4) is 0 Å². The average Bonchev–Trinajstić information content (AvgIpc) is 1.35. The molecule has 0 aromatic carbocycles. The molecular formula is C2H3ClIrO2. The maximum absolute atomic E-state index is 9.77. The van der Waals surface area contributed by atoms with Crippen molar-refractivity contribution in [3.63, 3.8) is 0 Å². The van der Waals surface area contributed by atoms with Crippen molar-refractivity contribution in [1.82, 2.24) is 0 Å². The molecule has 0 saturated heterocycles. The molecule has 0 saturated carbocycles. The molecule has 6 heavy (non-hydrogen) atoms. The third-order valence-electron chi connectivity index (χ3n) is 0.122. The number of hydrogen-bond acceptors (Lipinski definition) is 2. The van der Waals surface area contributed by atoms with E-state index >= 15 is 0 Å². The van der Waals surface area contributed by atoms with Gasteiger partial charge in [0.2, 0.25) is 0 Å². The van der Waals surface area contributed by atoms with Crippen LogP contribution < -0.4 is 0 Å². The van der Waals surface area contributed by atoms with Crippen LogP contribution in [-0.2, 0) is 25.3 Å². The van der Waals surface area contributed by atoms with Gasteiger partial charge >= 0.3 is 47.8 Å². The van der Waals surface area contributed by atoms with Gasteiger partial charge < -0.3 is 0 Å². The predicted octanol–water partition coefficient (Wildman–Crippen LogP) is 0.701. The summed E-state index contributed by atoms with van der Waals surface area (Å²) in [5.41, 5.74) is 0. The summed E-state index contributed by atoms with van der Waals surface area (Å²) in [6.45, 7) is 1.34. The summed E-state index contributed by atoms with van der Waals surface area (Å²) in [4.78, 5) is 9.77. The zero-order valence-electron chi connectivity index (χ0n) is 3.03. The number of rotatable bonds is 1. The SMILES string of the molecule is CC(=O)[O][Ir][Cl]. The molecule has 0 aromatic rings. The molecule has 4 heteroatoms. The van der Waals surface area contributed by atoms with Crippen molar-refractivity contribution in [2.45, 2.75) is 6.92 Å². The second-order valence-electron chi connectivity index (χ2n) is 0.611. The van der Waals surface area contributed by atoms with Gasteiger partial charge in [0.05, 0.1) is 0 Å². The summed E-state index contributed by atoms with van der Waals surface area (Å²) in [6.07, 6.45) is 0. The van der Waals surface area contributed by atoms with E-state index in [1.807, 2.05) is 0 Å². The van der Waals surface area contributed by atoms with Gasteiger partial charge in [-0.3, -0.25) is 0 Å². The number of hydrogen-bond donors (Lipinski definition) is 0. The molecule has 0 rings (SSSR count). The Morgan fingerprint density at radius 3 is 2.50 bits per heavy atom. The Morgan fingerprint density at radius 2 is 2.50 bits per heavy atom. The second-order valence-corrected chi connectivity index (χ2v) is 2.31. The first-order valence-electron chi connectivity index (χ1n) is 1.17. The van der Waals surface area contributed by atoms with E-state index in [9.17, 15) is 4.79 Å². The normalized spacial score (nSPS) is 8.33. The second kappa shape index (κ2) is 3.59. The van der Waals surface area contributed by atoms with Crippen LogP contribution in [0.25, 0.3) is 0 Å². The Morgan fingerprint density at radius 1 is 2.00 bits per heavy atom. The predicted molar refractivity (Wildman–Crippen MR) is 17.6 cm³/mol. The Hall–Kier alpha value is 0.409. The van der Waals surface area contributed by atoms with Gasteiger partial charge in [0.25, 0.3) is 0 Å². The van der Waals surface area contributed by atoms with E-state index in [2.05, 4.69) is 3.50 Å². The number of halogens is 1. The molecular weight excluding hydrogens is 284 g/mol. The van der Waals surface area contributed by atoms with Crippen LogP contribution in [0.2, 0.25) is 0 Å². The minimum absolute atomic E-state index is 0.287. The van der Waals surface area contributed by atoms with E-state index in [4.69, 9.17) is 9.58 Å². The van der Waals surface area contributed by atoms with Crippen molar-refractivity contribution in [3.05, 3.63) is 0 Å².